The van der Waals surface area contributed by atoms with Crippen LogP contribution >= 0.6 is 11.3 Å². The van der Waals surface area contributed by atoms with E-state index < -0.39 is 16.1 Å². The Balaban J connectivity index is 1.86. The summed E-state index contributed by atoms with van der Waals surface area (Å²) in [7, 11) is -2.95. The van der Waals surface area contributed by atoms with E-state index in [2.05, 4.69) is 4.98 Å². The first-order valence-electron chi connectivity index (χ1n) is 7.63. The largest absolute Gasteiger partial charge is 0.490 e. The van der Waals surface area contributed by atoms with Gasteiger partial charge >= 0.3 is 0 Å². The van der Waals surface area contributed by atoms with Crippen LogP contribution in [0.1, 0.15) is 29.6 Å². The second-order valence-corrected chi connectivity index (χ2v) is 9.45. The van der Waals surface area contributed by atoms with Gasteiger partial charge < -0.3 is 14.9 Å². The van der Waals surface area contributed by atoms with Gasteiger partial charge in [0.2, 0.25) is 0 Å². The highest BCUT2D eigenvalue weighted by Crippen LogP contribution is 2.32. The van der Waals surface area contributed by atoms with Crippen molar-refractivity contribution in [1.29, 1.82) is 0 Å². The molecular formula is C16H19NO5S2. The molecule has 8 heteroatoms. The van der Waals surface area contributed by atoms with Crippen LogP contribution in [0.5, 0.6) is 5.75 Å². The minimum absolute atomic E-state index is 0.124. The zero-order valence-electron chi connectivity index (χ0n) is 13.2. The Morgan fingerprint density at radius 3 is 2.54 bits per heavy atom. The standard InChI is InChI=1S/C16H19NO5S2/c1-10-9-17-15(23-10)11-6-12(16(18)19)8-14(7-11)22-13-2-4-24(20,21)5-3-13/h6-9,13,16,18-19H,2-5H2,1H3. The molecule has 0 spiro atoms. The molecule has 0 bridgehead atoms. The number of nitrogens with zero attached hydrogens (tertiary/aromatic N) is 1. The number of hydrogen-bond donors (Lipinski definition) is 2. The fourth-order valence-corrected chi connectivity index (χ4v) is 4.83. The van der Waals surface area contributed by atoms with Crippen LogP contribution in [0, 0.1) is 6.92 Å². The Labute approximate surface area is 144 Å². The molecule has 1 fully saturated rings. The fraction of sp³-hybridized carbons (Fsp3) is 0.438. The van der Waals surface area contributed by atoms with Crippen molar-refractivity contribution in [2.45, 2.75) is 32.2 Å². The molecule has 0 aliphatic carbocycles. The summed E-state index contributed by atoms with van der Waals surface area (Å²) in [5, 5.41) is 19.8. The Bertz CT molecular complexity index is 815. The second-order valence-electron chi connectivity index (χ2n) is 5.91. The lowest BCUT2D eigenvalue weighted by Gasteiger charge is -2.24. The van der Waals surface area contributed by atoms with Crippen LogP contribution in [0.2, 0.25) is 0 Å². The van der Waals surface area contributed by atoms with E-state index in [1.54, 1.807) is 24.4 Å². The summed E-state index contributed by atoms with van der Waals surface area (Å²) in [6.07, 6.45) is 0.847. The van der Waals surface area contributed by atoms with E-state index in [9.17, 15) is 18.6 Å². The number of ether oxygens (including phenoxy) is 1. The highest BCUT2D eigenvalue weighted by atomic mass is 32.2. The number of sulfone groups is 1. The maximum absolute atomic E-state index is 11.5. The van der Waals surface area contributed by atoms with Crippen molar-refractivity contribution in [3.63, 3.8) is 0 Å². The van der Waals surface area contributed by atoms with Gasteiger partial charge in [-0.25, -0.2) is 13.4 Å². The van der Waals surface area contributed by atoms with E-state index in [-0.39, 0.29) is 17.6 Å². The van der Waals surface area contributed by atoms with Crippen LogP contribution in [-0.4, -0.2) is 41.2 Å². The van der Waals surface area contributed by atoms with Crippen molar-refractivity contribution >= 4 is 21.2 Å². The van der Waals surface area contributed by atoms with Gasteiger partial charge in [-0.3, -0.25) is 0 Å². The molecule has 1 saturated heterocycles. The maximum atomic E-state index is 11.5. The van der Waals surface area contributed by atoms with E-state index in [1.807, 2.05) is 6.92 Å². The van der Waals surface area contributed by atoms with Crippen LogP contribution in [0.3, 0.4) is 0 Å². The summed E-state index contributed by atoms with van der Waals surface area (Å²) in [6, 6.07) is 5.03. The minimum Gasteiger partial charge on any atom is -0.490 e. The molecule has 0 unspecified atom stereocenters. The van der Waals surface area contributed by atoms with Crippen molar-refractivity contribution in [3.8, 4) is 16.3 Å². The van der Waals surface area contributed by atoms with E-state index in [1.165, 1.54) is 11.3 Å². The lowest BCUT2D eigenvalue weighted by molar-refractivity contribution is -0.0426. The first kappa shape index (κ1) is 17.3. The third-order valence-corrected chi connectivity index (χ3v) is 6.58. The third kappa shape index (κ3) is 4.13. The molecule has 0 amide bonds. The summed E-state index contributed by atoms with van der Waals surface area (Å²) in [5.41, 5.74) is 1.07. The Hall–Kier alpha value is -1.48. The van der Waals surface area contributed by atoms with Crippen LogP contribution < -0.4 is 4.74 Å². The summed E-state index contributed by atoms with van der Waals surface area (Å²) in [6.45, 7) is 1.95. The Morgan fingerprint density at radius 2 is 1.96 bits per heavy atom. The van der Waals surface area contributed by atoms with Gasteiger partial charge in [-0.2, -0.15) is 0 Å². The molecule has 1 aromatic heterocycles. The number of aliphatic hydroxyl groups is 2. The van der Waals surface area contributed by atoms with Crippen LogP contribution in [0.15, 0.2) is 24.4 Å². The lowest BCUT2D eigenvalue weighted by atomic mass is 10.1. The molecule has 3 rings (SSSR count). The van der Waals surface area contributed by atoms with Gasteiger partial charge in [0.1, 0.15) is 16.9 Å². The normalized spacial score (nSPS) is 18.0. The van der Waals surface area contributed by atoms with Crippen LogP contribution in [0.25, 0.3) is 10.6 Å². The van der Waals surface area contributed by atoms with Crippen molar-refractivity contribution < 1.29 is 23.4 Å². The Morgan fingerprint density at radius 1 is 1.25 bits per heavy atom. The van der Waals surface area contributed by atoms with Crippen LogP contribution in [0.4, 0.5) is 0 Å². The average Bonchev–Trinajstić information content (AvgIpc) is 2.96. The lowest BCUT2D eigenvalue weighted by Crippen LogP contribution is -2.30. The minimum atomic E-state index is -2.95. The molecule has 24 heavy (non-hydrogen) atoms. The number of rotatable bonds is 4. The highest BCUT2D eigenvalue weighted by molar-refractivity contribution is 7.91. The van der Waals surface area contributed by atoms with Crippen molar-refractivity contribution in [1.82, 2.24) is 4.98 Å². The monoisotopic (exact) mass is 369 g/mol. The van der Waals surface area contributed by atoms with E-state index in [4.69, 9.17) is 4.74 Å². The molecule has 1 aromatic carbocycles. The van der Waals surface area contributed by atoms with Crippen molar-refractivity contribution in [2.24, 2.45) is 0 Å². The number of aryl methyl sites for hydroxylation is 1. The predicted octanol–water partition coefficient (Wildman–Crippen LogP) is 2.06. The van der Waals surface area contributed by atoms with E-state index in [0.29, 0.717) is 24.2 Å². The van der Waals surface area contributed by atoms with Gasteiger partial charge in [-0.1, -0.05) is 0 Å². The van der Waals surface area contributed by atoms with Gasteiger partial charge in [-0.05, 0) is 38.0 Å². The SMILES string of the molecule is Cc1cnc(-c2cc(OC3CCS(=O)(=O)CC3)cc(C(O)O)c2)s1. The van der Waals surface area contributed by atoms with Gasteiger partial charge in [0.15, 0.2) is 16.1 Å². The first-order valence-corrected chi connectivity index (χ1v) is 10.3. The van der Waals surface area contributed by atoms with Gasteiger partial charge in [0, 0.05) is 22.2 Å². The van der Waals surface area contributed by atoms with Gasteiger partial charge in [0.25, 0.3) is 0 Å². The van der Waals surface area contributed by atoms with E-state index >= 15 is 0 Å². The zero-order valence-corrected chi connectivity index (χ0v) is 14.8. The molecule has 0 atom stereocenters. The number of thiazole rings is 1. The molecule has 0 saturated carbocycles. The quantitative estimate of drug-likeness (QED) is 0.801. The zero-order chi connectivity index (χ0) is 17.3. The summed E-state index contributed by atoms with van der Waals surface area (Å²) in [5.74, 6) is 0.740. The van der Waals surface area contributed by atoms with Crippen molar-refractivity contribution in [3.05, 3.63) is 34.8 Å². The number of aromatic nitrogens is 1. The molecule has 2 heterocycles. The Kier molecular flexibility index (Phi) is 4.91. The molecule has 2 aromatic rings. The molecule has 1 aliphatic rings. The number of hydrogen-bond acceptors (Lipinski definition) is 7. The molecule has 0 radical (unpaired) electrons. The summed E-state index contributed by atoms with van der Waals surface area (Å²) in [4.78, 5) is 5.37. The second kappa shape index (κ2) is 6.79. The third-order valence-electron chi connectivity index (χ3n) is 3.90. The molecule has 130 valence electrons. The topological polar surface area (TPSA) is 96.7 Å². The highest BCUT2D eigenvalue weighted by Gasteiger charge is 2.25. The molecular weight excluding hydrogens is 350 g/mol. The van der Waals surface area contributed by atoms with Crippen molar-refractivity contribution in [2.75, 3.05) is 11.5 Å². The predicted molar refractivity (Wildman–Crippen MR) is 91.8 cm³/mol. The molecule has 2 N–H and O–H groups in total. The number of aliphatic hydroxyl groups excluding tert-OH is 1. The summed E-state index contributed by atoms with van der Waals surface area (Å²) < 4.78 is 28.9. The summed E-state index contributed by atoms with van der Waals surface area (Å²) >= 11 is 1.51. The van der Waals surface area contributed by atoms with Crippen LogP contribution in [-0.2, 0) is 9.84 Å². The average molecular weight is 369 g/mol. The molecule has 6 nitrogen and oxygen atoms in total. The van der Waals surface area contributed by atoms with E-state index in [0.717, 1.165) is 15.4 Å². The van der Waals surface area contributed by atoms with Gasteiger partial charge in [-0.15, -0.1) is 11.3 Å². The smallest absolute Gasteiger partial charge is 0.178 e. The molecule has 1 aliphatic heterocycles. The van der Waals surface area contributed by atoms with Gasteiger partial charge in [0.05, 0.1) is 11.5 Å². The fourth-order valence-electron chi connectivity index (χ4n) is 2.63. The maximum Gasteiger partial charge on any atom is 0.178 e. The number of benzene rings is 1. The first-order chi connectivity index (χ1) is 11.3.